The topological polar surface area (TPSA) is 21.3 Å². The molecule has 1 aliphatic carbocycles. The Hall–Kier alpha value is -1.02. The fraction of sp³-hybridized carbons (Fsp3) is 0.625. The first-order chi connectivity index (χ1) is 8.81. The lowest BCUT2D eigenvalue weighted by molar-refractivity contribution is 0.401. The van der Waals surface area contributed by atoms with E-state index in [4.69, 9.17) is 4.74 Å². The van der Waals surface area contributed by atoms with Crippen molar-refractivity contribution in [3.63, 3.8) is 0 Å². The van der Waals surface area contributed by atoms with Gasteiger partial charge < -0.3 is 10.1 Å². The van der Waals surface area contributed by atoms with Gasteiger partial charge in [0.05, 0.1) is 7.11 Å². The zero-order valence-corrected chi connectivity index (χ0v) is 11.6. The Morgan fingerprint density at radius 2 is 1.89 bits per heavy atom. The summed E-state index contributed by atoms with van der Waals surface area (Å²) in [6.45, 7) is 0. The summed E-state index contributed by atoms with van der Waals surface area (Å²) in [5, 5.41) is 3.47. The molecule has 1 atom stereocenters. The monoisotopic (exact) mass is 247 g/mol. The molecule has 1 unspecified atom stereocenters. The number of likely N-dealkylation sites (N-methyl/N-ethyl adjacent to an activating group) is 1. The van der Waals surface area contributed by atoms with Crippen molar-refractivity contribution in [1.29, 1.82) is 0 Å². The van der Waals surface area contributed by atoms with Gasteiger partial charge in [-0.15, -0.1) is 0 Å². The molecule has 1 aliphatic rings. The summed E-state index contributed by atoms with van der Waals surface area (Å²) >= 11 is 0. The van der Waals surface area contributed by atoms with Crippen molar-refractivity contribution in [3.8, 4) is 5.75 Å². The van der Waals surface area contributed by atoms with Gasteiger partial charge in [-0.05, 0) is 43.5 Å². The second-order valence-electron chi connectivity index (χ2n) is 5.42. The summed E-state index contributed by atoms with van der Waals surface area (Å²) in [5.41, 5.74) is 1.40. The van der Waals surface area contributed by atoms with Crippen molar-refractivity contribution in [3.05, 3.63) is 29.8 Å². The molecular formula is C16H25NO. The van der Waals surface area contributed by atoms with Gasteiger partial charge in [-0.3, -0.25) is 0 Å². The summed E-state index contributed by atoms with van der Waals surface area (Å²) in [6, 6.07) is 9.08. The number of benzene rings is 1. The molecule has 0 amide bonds. The SMILES string of the molecule is CNC(Cc1ccc(OC)cc1)CC1CCCC1. The van der Waals surface area contributed by atoms with Crippen LogP contribution in [0.4, 0.5) is 0 Å². The molecule has 0 aromatic heterocycles. The highest BCUT2D eigenvalue weighted by Crippen LogP contribution is 2.29. The third-order valence-electron chi connectivity index (χ3n) is 4.14. The van der Waals surface area contributed by atoms with E-state index in [0.717, 1.165) is 18.1 Å². The molecule has 0 spiro atoms. The van der Waals surface area contributed by atoms with Crippen molar-refractivity contribution in [1.82, 2.24) is 5.32 Å². The first-order valence-corrected chi connectivity index (χ1v) is 7.12. The summed E-state index contributed by atoms with van der Waals surface area (Å²) in [7, 11) is 3.80. The molecule has 0 heterocycles. The normalized spacial score (nSPS) is 17.9. The van der Waals surface area contributed by atoms with Crippen LogP contribution in [0.15, 0.2) is 24.3 Å². The molecule has 2 heteroatoms. The predicted molar refractivity (Wildman–Crippen MR) is 76.1 cm³/mol. The maximum atomic E-state index is 5.19. The Balaban J connectivity index is 1.87. The molecule has 18 heavy (non-hydrogen) atoms. The molecule has 0 aliphatic heterocycles. The second-order valence-corrected chi connectivity index (χ2v) is 5.42. The summed E-state index contributed by atoms with van der Waals surface area (Å²) in [4.78, 5) is 0. The quantitative estimate of drug-likeness (QED) is 0.832. The number of rotatable bonds is 6. The Morgan fingerprint density at radius 3 is 2.44 bits per heavy atom. The second kappa shape index (κ2) is 6.79. The number of methoxy groups -OCH3 is 1. The molecule has 0 radical (unpaired) electrons. The van der Waals surface area contributed by atoms with Crippen LogP contribution in [0.1, 0.15) is 37.7 Å². The van der Waals surface area contributed by atoms with Crippen molar-refractivity contribution in [2.75, 3.05) is 14.2 Å². The average Bonchev–Trinajstić information content (AvgIpc) is 2.91. The van der Waals surface area contributed by atoms with Crippen LogP contribution in [0.5, 0.6) is 5.75 Å². The van der Waals surface area contributed by atoms with E-state index >= 15 is 0 Å². The Morgan fingerprint density at radius 1 is 1.22 bits per heavy atom. The molecule has 2 nitrogen and oxygen atoms in total. The van der Waals surface area contributed by atoms with E-state index in [2.05, 4.69) is 36.6 Å². The van der Waals surface area contributed by atoms with Crippen LogP contribution in [0.25, 0.3) is 0 Å². The minimum absolute atomic E-state index is 0.612. The smallest absolute Gasteiger partial charge is 0.118 e. The lowest BCUT2D eigenvalue weighted by Gasteiger charge is -2.20. The van der Waals surface area contributed by atoms with Gasteiger partial charge in [-0.2, -0.15) is 0 Å². The minimum Gasteiger partial charge on any atom is -0.497 e. The van der Waals surface area contributed by atoms with Gasteiger partial charge in [0, 0.05) is 6.04 Å². The first-order valence-electron chi connectivity index (χ1n) is 7.12. The Labute approximate surface area is 111 Å². The lowest BCUT2D eigenvalue weighted by atomic mass is 9.94. The van der Waals surface area contributed by atoms with E-state index < -0.39 is 0 Å². The number of nitrogens with one attached hydrogen (secondary N) is 1. The van der Waals surface area contributed by atoms with Gasteiger partial charge >= 0.3 is 0 Å². The van der Waals surface area contributed by atoms with E-state index in [0.29, 0.717) is 6.04 Å². The van der Waals surface area contributed by atoms with E-state index in [1.165, 1.54) is 37.7 Å². The van der Waals surface area contributed by atoms with Gasteiger partial charge in [0.1, 0.15) is 5.75 Å². The zero-order valence-electron chi connectivity index (χ0n) is 11.6. The zero-order chi connectivity index (χ0) is 12.8. The number of hydrogen-bond donors (Lipinski definition) is 1. The molecule has 1 aromatic carbocycles. The van der Waals surface area contributed by atoms with E-state index in [9.17, 15) is 0 Å². The molecule has 0 saturated heterocycles. The van der Waals surface area contributed by atoms with Crippen molar-refractivity contribution in [2.24, 2.45) is 5.92 Å². The maximum absolute atomic E-state index is 5.19. The molecule has 1 fully saturated rings. The molecule has 1 saturated carbocycles. The van der Waals surface area contributed by atoms with Gasteiger partial charge in [-0.1, -0.05) is 37.8 Å². The average molecular weight is 247 g/mol. The van der Waals surface area contributed by atoms with Crippen LogP contribution >= 0.6 is 0 Å². The highest BCUT2D eigenvalue weighted by atomic mass is 16.5. The van der Waals surface area contributed by atoms with Crippen LogP contribution in [0.3, 0.4) is 0 Å². The molecule has 100 valence electrons. The standard InChI is InChI=1S/C16H25NO/c1-17-15(11-13-5-3-4-6-13)12-14-7-9-16(18-2)10-8-14/h7-10,13,15,17H,3-6,11-12H2,1-2H3. The highest BCUT2D eigenvalue weighted by molar-refractivity contribution is 5.27. The third-order valence-corrected chi connectivity index (χ3v) is 4.14. The van der Waals surface area contributed by atoms with Crippen LogP contribution in [0, 0.1) is 5.92 Å². The minimum atomic E-state index is 0.612. The van der Waals surface area contributed by atoms with Gasteiger partial charge in [0.15, 0.2) is 0 Å². The summed E-state index contributed by atoms with van der Waals surface area (Å²) < 4.78 is 5.19. The van der Waals surface area contributed by atoms with Gasteiger partial charge in [-0.25, -0.2) is 0 Å². The fourth-order valence-corrected chi connectivity index (χ4v) is 3.00. The van der Waals surface area contributed by atoms with Crippen LogP contribution in [-0.2, 0) is 6.42 Å². The predicted octanol–water partition coefficient (Wildman–Crippen LogP) is 3.41. The van der Waals surface area contributed by atoms with E-state index in [1.807, 2.05) is 0 Å². The first kappa shape index (κ1) is 13.4. The molecule has 1 N–H and O–H groups in total. The molecule has 0 bridgehead atoms. The Bertz CT molecular complexity index is 341. The third kappa shape index (κ3) is 3.74. The number of hydrogen-bond acceptors (Lipinski definition) is 2. The maximum Gasteiger partial charge on any atom is 0.118 e. The largest absolute Gasteiger partial charge is 0.497 e. The molecular weight excluding hydrogens is 222 g/mol. The molecule has 2 rings (SSSR count). The van der Waals surface area contributed by atoms with Crippen molar-refractivity contribution < 1.29 is 4.74 Å². The van der Waals surface area contributed by atoms with Gasteiger partial charge in [0.2, 0.25) is 0 Å². The fourth-order valence-electron chi connectivity index (χ4n) is 3.00. The molecule has 1 aromatic rings. The van der Waals surface area contributed by atoms with Crippen LogP contribution in [0.2, 0.25) is 0 Å². The highest BCUT2D eigenvalue weighted by Gasteiger charge is 2.19. The van der Waals surface area contributed by atoms with Crippen molar-refractivity contribution >= 4 is 0 Å². The Kier molecular flexibility index (Phi) is 5.06. The van der Waals surface area contributed by atoms with Crippen molar-refractivity contribution in [2.45, 2.75) is 44.6 Å². The summed E-state index contributed by atoms with van der Waals surface area (Å²) in [6.07, 6.45) is 8.17. The number of ether oxygens (including phenoxy) is 1. The van der Waals surface area contributed by atoms with Crippen LogP contribution < -0.4 is 10.1 Å². The lowest BCUT2D eigenvalue weighted by Crippen LogP contribution is -2.29. The van der Waals surface area contributed by atoms with Gasteiger partial charge in [0.25, 0.3) is 0 Å². The summed E-state index contributed by atoms with van der Waals surface area (Å²) in [5.74, 6) is 1.89. The van der Waals surface area contributed by atoms with Crippen LogP contribution in [-0.4, -0.2) is 20.2 Å². The van der Waals surface area contributed by atoms with E-state index in [1.54, 1.807) is 7.11 Å². The van der Waals surface area contributed by atoms with E-state index in [-0.39, 0.29) is 0 Å².